The number of rotatable bonds is 2. The van der Waals surface area contributed by atoms with E-state index in [1.807, 2.05) is 24.1 Å². The summed E-state index contributed by atoms with van der Waals surface area (Å²) in [6.07, 6.45) is 8.61. The normalized spacial score (nSPS) is 17.2. The van der Waals surface area contributed by atoms with Crippen molar-refractivity contribution in [3.05, 3.63) is 58.8 Å². The van der Waals surface area contributed by atoms with Crippen LogP contribution in [-0.2, 0) is 6.54 Å². The van der Waals surface area contributed by atoms with Crippen LogP contribution in [0.15, 0.2) is 47.7 Å². The first kappa shape index (κ1) is 13.5. The van der Waals surface area contributed by atoms with Crippen molar-refractivity contribution in [1.29, 1.82) is 5.26 Å². The van der Waals surface area contributed by atoms with E-state index in [9.17, 15) is 5.26 Å². The molecule has 0 N–H and O–H groups in total. The molecule has 0 saturated heterocycles. The molecule has 3 rings (SSSR count). The summed E-state index contributed by atoms with van der Waals surface area (Å²) in [5.41, 5.74) is 5.23. The third-order valence-corrected chi connectivity index (χ3v) is 4.00. The molecule has 1 aromatic rings. The van der Waals surface area contributed by atoms with Gasteiger partial charge in [-0.05, 0) is 41.7 Å². The molecule has 3 heteroatoms. The van der Waals surface area contributed by atoms with Crippen LogP contribution in [0.2, 0.25) is 0 Å². The molecular weight excluding hydrogens is 260 g/mol. The van der Waals surface area contributed by atoms with Crippen LogP contribution >= 0.6 is 0 Å². The van der Waals surface area contributed by atoms with E-state index < -0.39 is 0 Å². The zero-order valence-corrected chi connectivity index (χ0v) is 12.4. The second-order valence-electron chi connectivity index (χ2n) is 5.35. The number of allylic oxidation sites excluding steroid dienone is 6. The lowest BCUT2D eigenvalue weighted by atomic mass is 9.86. The molecule has 0 unspecified atom stereocenters. The molecule has 0 radical (unpaired) electrons. The summed E-state index contributed by atoms with van der Waals surface area (Å²) in [4.78, 5) is 2.02. The van der Waals surface area contributed by atoms with Gasteiger partial charge in [-0.2, -0.15) is 5.26 Å². The van der Waals surface area contributed by atoms with Gasteiger partial charge in [-0.3, -0.25) is 0 Å². The average Bonchev–Trinajstić information content (AvgIpc) is 2.54. The molecule has 0 saturated carbocycles. The maximum atomic E-state index is 9.58. The number of ether oxygens (including phenoxy) is 1. The molecule has 0 spiro atoms. The first-order valence-electron chi connectivity index (χ1n) is 7.14. The van der Waals surface area contributed by atoms with E-state index in [0.717, 1.165) is 47.5 Å². The van der Waals surface area contributed by atoms with Crippen LogP contribution in [0.4, 0.5) is 0 Å². The number of benzene rings is 1. The van der Waals surface area contributed by atoms with E-state index in [4.69, 9.17) is 4.74 Å². The molecule has 1 aliphatic heterocycles. The maximum absolute atomic E-state index is 9.58. The van der Waals surface area contributed by atoms with E-state index >= 15 is 0 Å². The molecular formula is C18H18N2O. The minimum atomic E-state index is 0.730. The summed E-state index contributed by atoms with van der Waals surface area (Å²) >= 11 is 0. The molecule has 0 bridgehead atoms. The van der Waals surface area contributed by atoms with Crippen molar-refractivity contribution < 1.29 is 4.74 Å². The largest absolute Gasteiger partial charge is 0.497 e. The zero-order valence-electron chi connectivity index (χ0n) is 12.4. The Morgan fingerprint density at radius 2 is 2.14 bits per heavy atom. The van der Waals surface area contributed by atoms with E-state index in [1.54, 1.807) is 7.11 Å². The van der Waals surface area contributed by atoms with Gasteiger partial charge in [0.2, 0.25) is 0 Å². The third kappa shape index (κ3) is 2.34. The SMILES string of the molecule is COc1ccc2c(c1)C(C1=CCCC=C1)=C(C#N)N(C)C2. The first-order valence-corrected chi connectivity index (χ1v) is 7.14. The number of fused-ring (bicyclic) bond motifs is 1. The molecule has 0 fully saturated rings. The average molecular weight is 278 g/mol. The smallest absolute Gasteiger partial charge is 0.124 e. The maximum Gasteiger partial charge on any atom is 0.124 e. The van der Waals surface area contributed by atoms with Gasteiger partial charge in [-0.15, -0.1) is 0 Å². The highest BCUT2D eigenvalue weighted by Crippen LogP contribution is 2.38. The van der Waals surface area contributed by atoms with Crippen LogP contribution in [0.1, 0.15) is 24.0 Å². The molecule has 106 valence electrons. The van der Waals surface area contributed by atoms with Crippen LogP contribution in [0.5, 0.6) is 5.75 Å². The van der Waals surface area contributed by atoms with Gasteiger partial charge in [0, 0.05) is 19.2 Å². The van der Waals surface area contributed by atoms with Gasteiger partial charge in [0.1, 0.15) is 17.5 Å². The molecule has 2 aliphatic rings. The fourth-order valence-electron chi connectivity index (χ4n) is 2.94. The quantitative estimate of drug-likeness (QED) is 0.828. The van der Waals surface area contributed by atoms with Crippen molar-refractivity contribution in [2.24, 2.45) is 0 Å². The Bertz CT molecular complexity index is 704. The second-order valence-corrected chi connectivity index (χ2v) is 5.35. The van der Waals surface area contributed by atoms with Crippen LogP contribution in [0.25, 0.3) is 5.57 Å². The monoisotopic (exact) mass is 278 g/mol. The number of methoxy groups -OCH3 is 1. The summed E-state index contributed by atoms with van der Waals surface area (Å²) in [7, 11) is 3.64. The molecule has 1 heterocycles. The molecule has 0 atom stereocenters. The number of hydrogen-bond acceptors (Lipinski definition) is 3. The molecule has 3 nitrogen and oxygen atoms in total. The van der Waals surface area contributed by atoms with E-state index in [1.165, 1.54) is 5.56 Å². The summed E-state index contributed by atoms with van der Waals surface area (Å²) < 4.78 is 5.36. The highest BCUT2D eigenvalue weighted by molar-refractivity contribution is 5.88. The molecule has 0 aromatic heterocycles. The summed E-state index contributed by atoms with van der Waals surface area (Å²) in [5.74, 6) is 0.827. The lowest BCUT2D eigenvalue weighted by Crippen LogP contribution is -2.23. The van der Waals surface area contributed by atoms with Crippen molar-refractivity contribution in [2.75, 3.05) is 14.2 Å². The van der Waals surface area contributed by atoms with E-state index in [2.05, 4.69) is 30.4 Å². The fourth-order valence-corrected chi connectivity index (χ4v) is 2.94. The van der Waals surface area contributed by atoms with Gasteiger partial charge >= 0.3 is 0 Å². The Morgan fingerprint density at radius 1 is 1.29 bits per heavy atom. The van der Waals surface area contributed by atoms with Gasteiger partial charge < -0.3 is 9.64 Å². The molecule has 1 aromatic carbocycles. The standard InChI is InChI=1S/C18H18N2O/c1-20-12-14-8-9-15(21-2)10-16(14)18(17(20)11-19)13-6-4-3-5-7-13/h4,6-10H,3,5,12H2,1-2H3. The van der Waals surface area contributed by atoms with Crippen molar-refractivity contribution in [3.8, 4) is 11.8 Å². The second kappa shape index (κ2) is 5.49. The van der Waals surface area contributed by atoms with Crippen molar-refractivity contribution in [2.45, 2.75) is 19.4 Å². The van der Waals surface area contributed by atoms with Crippen LogP contribution in [0.3, 0.4) is 0 Å². The Labute approximate surface area is 125 Å². The van der Waals surface area contributed by atoms with Gasteiger partial charge in [-0.1, -0.05) is 24.3 Å². The van der Waals surface area contributed by atoms with Crippen LogP contribution in [-0.4, -0.2) is 19.1 Å². The Morgan fingerprint density at radius 3 is 2.81 bits per heavy atom. The van der Waals surface area contributed by atoms with Crippen LogP contribution in [0, 0.1) is 11.3 Å². The van der Waals surface area contributed by atoms with Gasteiger partial charge in [0.05, 0.1) is 7.11 Å². The van der Waals surface area contributed by atoms with Crippen molar-refractivity contribution in [1.82, 2.24) is 4.90 Å². The Balaban J connectivity index is 2.23. The first-order chi connectivity index (χ1) is 10.2. The minimum absolute atomic E-state index is 0.730. The van der Waals surface area contributed by atoms with Crippen molar-refractivity contribution >= 4 is 5.57 Å². The number of hydrogen-bond donors (Lipinski definition) is 0. The van der Waals surface area contributed by atoms with Gasteiger partial charge in [0.15, 0.2) is 0 Å². The lowest BCUT2D eigenvalue weighted by Gasteiger charge is -2.30. The Kier molecular flexibility index (Phi) is 3.53. The molecule has 1 aliphatic carbocycles. The fraction of sp³-hybridized carbons (Fsp3) is 0.278. The molecule has 21 heavy (non-hydrogen) atoms. The van der Waals surface area contributed by atoms with E-state index in [0.29, 0.717) is 0 Å². The molecule has 0 amide bonds. The van der Waals surface area contributed by atoms with Crippen LogP contribution < -0.4 is 4.74 Å². The van der Waals surface area contributed by atoms with Gasteiger partial charge in [-0.25, -0.2) is 0 Å². The summed E-state index contributed by atoms with van der Waals surface area (Å²) in [6.45, 7) is 0.753. The highest BCUT2D eigenvalue weighted by Gasteiger charge is 2.25. The highest BCUT2D eigenvalue weighted by atomic mass is 16.5. The van der Waals surface area contributed by atoms with Gasteiger partial charge in [0.25, 0.3) is 0 Å². The minimum Gasteiger partial charge on any atom is -0.497 e. The predicted molar refractivity (Wildman–Crippen MR) is 83.5 cm³/mol. The summed E-state index contributed by atoms with van der Waals surface area (Å²) in [5, 5.41) is 9.58. The Hall–Kier alpha value is -2.47. The zero-order chi connectivity index (χ0) is 14.8. The topological polar surface area (TPSA) is 36.3 Å². The third-order valence-electron chi connectivity index (χ3n) is 4.00. The lowest BCUT2D eigenvalue weighted by molar-refractivity contribution is 0.409. The van der Waals surface area contributed by atoms with Crippen molar-refractivity contribution in [3.63, 3.8) is 0 Å². The number of nitrogens with zero attached hydrogens (tertiary/aromatic N) is 2. The number of nitriles is 1. The van der Waals surface area contributed by atoms with E-state index in [-0.39, 0.29) is 0 Å². The summed E-state index contributed by atoms with van der Waals surface area (Å²) in [6, 6.07) is 8.48. The predicted octanol–water partition coefficient (Wildman–Crippen LogP) is 3.65.